The van der Waals surface area contributed by atoms with E-state index in [4.69, 9.17) is 5.73 Å². The van der Waals surface area contributed by atoms with E-state index >= 15 is 0 Å². The van der Waals surface area contributed by atoms with Crippen LogP contribution in [0.1, 0.15) is 40.7 Å². The first kappa shape index (κ1) is 30.7. The SMILES string of the molecule is CN(C)c1cc(CNCC2CCSCC2)c(O)c2c1C[C@H]1C[C@H]3C(N(C)C)C(=O)C(C(N)=O)C(=O)[C@@]3(O)C(=O)C1C2=O. The number of ketones is 4. The van der Waals surface area contributed by atoms with Crippen molar-refractivity contribution < 1.29 is 34.2 Å². The Morgan fingerprint density at radius 3 is 2.38 bits per heavy atom. The third-order valence-electron chi connectivity index (χ3n) is 9.69. The number of benzene rings is 1. The zero-order chi connectivity index (χ0) is 30.7. The van der Waals surface area contributed by atoms with Gasteiger partial charge in [0, 0.05) is 37.8 Å². The molecule has 0 aromatic heterocycles. The monoisotopic (exact) mass is 600 g/mol. The summed E-state index contributed by atoms with van der Waals surface area (Å²) < 4.78 is 0. The lowest BCUT2D eigenvalue weighted by atomic mass is 9.52. The van der Waals surface area contributed by atoms with Gasteiger partial charge in [-0.25, -0.2) is 0 Å². The van der Waals surface area contributed by atoms with E-state index in [-0.39, 0.29) is 24.2 Å². The van der Waals surface area contributed by atoms with Gasteiger partial charge >= 0.3 is 0 Å². The minimum absolute atomic E-state index is 0.0265. The van der Waals surface area contributed by atoms with Crippen molar-refractivity contribution >= 4 is 46.5 Å². The fourth-order valence-corrected chi connectivity index (χ4v) is 8.81. The number of hydrogen-bond acceptors (Lipinski definition) is 11. The highest BCUT2D eigenvalue weighted by atomic mass is 32.2. The summed E-state index contributed by atoms with van der Waals surface area (Å²) in [5.41, 5.74) is 4.55. The van der Waals surface area contributed by atoms with Crippen LogP contribution in [-0.4, -0.2) is 102 Å². The van der Waals surface area contributed by atoms with Crippen molar-refractivity contribution in [2.45, 2.75) is 43.9 Å². The van der Waals surface area contributed by atoms with Crippen molar-refractivity contribution in [2.75, 3.05) is 51.1 Å². The number of hydrogen-bond donors (Lipinski definition) is 4. The quantitative estimate of drug-likeness (QED) is 0.315. The van der Waals surface area contributed by atoms with E-state index in [1.165, 1.54) is 4.90 Å². The van der Waals surface area contributed by atoms with Crippen LogP contribution >= 0.6 is 11.8 Å². The van der Waals surface area contributed by atoms with Gasteiger partial charge in [0.1, 0.15) is 5.75 Å². The number of nitrogens with zero attached hydrogens (tertiary/aromatic N) is 2. The first-order chi connectivity index (χ1) is 19.8. The number of amides is 1. The summed E-state index contributed by atoms with van der Waals surface area (Å²) in [6.07, 6.45) is 2.51. The Morgan fingerprint density at radius 1 is 1.12 bits per heavy atom. The van der Waals surface area contributed by atoms with Crippen molar-refractivity contribution in [3.63, 3.8) is 0 Å². The summed E-state index contributed by atoms with van der Waals surface area (Å²) in [5.74, 6) is -7.50. The van der Waals surface area contributed by atoms with Crippen molar-refractivity contribution in [3.05, 3.63) is 22.8 Å². The average Bonchev–Trinajstić information content (AvgIpc) is 2.92. The molecule has 0 spiro atoms. The second-order valence-electron chi connectivity index (χ2n) is 12.6. The molecule has 0 bridgehead atoms. The second-order valence-corrected chi connectivity index (χ2v) is 13.9. The molecule has 42 heavy (non-hydrogen) atoms. The molecular weight excluding hydrogens is 560 g/mol. The van der Waals surface area contributed by atoms with Gasteiger partial charge in [-0.3, -0.25) is 28.9 Å². The van der Waals surface area contributed by atoms with Crippen LogP contribution < -0.4 is 16.0 Å². The standard InChI is InChI=1S/C30H40N4O7S/c1-33(2)19-11-16(13-32-12-14-5-7-42-8-6-14)24(35)21-17(19)9-15-10-18-23(34(3)4)26(37)22(29(31)40)28(39)30(18,41)27(38)20(15)25(21)36/h11,14-15,18,20,22-23,32,35,41H,5-10,12-13H2,1-4H3,(H2,31,40)/t15-,18-,20?,22?,23?,30-/m0/s1. The van der Waals surface area contributed by atoms with E-state index in [1.807, 2.05) is 36.8 Å². The van der Waals surface area contributed by atoms with Crippen LogP contribution in [0.3, 0.4) is 0 Å². The number of primary amides is 1. The summed E-state index contributed by atoms with van der Waals surface area (Å²) in [6.45, 7) is 1.12. The van der Waals surface area contributed by atoms with E-state index in [9.17, 15) is 34.2 Å². The van der Waals surface area contributed by atoms with Crippen LogP contribution in [0.25, 0.3) is 0 Å². The number of nitrogens with two attached hydrogens (primary N) is 1. The van der Waals surface area contributed by atoms with E-state index < -0.39 is 64.4 Å². The third-order valence-corrected chi connectivity index (χ3v) is 10.7. The number of thioether (sulfide) groups is 1. The van der Waals surface area contributed by atoms with Gasteiger partial charge in [-0.2, -0.15) is 11.8 Å². The van der Waals surface area contributed by atoms with Gasteiger partial charge in [0.15, 0.2) is 34.7 Å². The topological polar surface area (TPSA) is 170 Å². The molecule has 228 valence electrons. The summed E-state index contributed by atoms with van der Waals surface area (Å²) in [7, 11) is 6.82. The lowest BCUT2D eigenvalue weighted by Crippen LogP contribution is -2.74. The summed E-state index contributed by atoms with van der Waals surface area (Å²) >= 11 is 1.95. The molecular formula is C30H40N4O7S. The highest BCUT2D eigenvalue weighted by Crippen LogP contribution is 2.52. The molecule has 1 aromatic carbocycles. The number of rotatable bonds is 7. The number of fused-ring (bicyclic) bond motifs is 3. The molecule has 12 heteroatoms. The van der Waals surface area contributed by atoms with E-state index in [2.05, 4.69) is 5.32 Å². The maximum absolute atomic E-state index is 14.1. The highest BCUT2D eigenvalue weighted by molar-refractivity contribution is 7.99. The molecule has 0 radical (unpaired) electrons. The lowest BCUT2D eigenvalue weighted by Gasteiger charge is -2.52. The number of Topliss-reactive ketones (excluding diaryl/α,β-unsaturated/α-hetero) is 4. The van der Waals surface area contributed by atoms with E-state index in [0.29, 0.717) is 23.6 Å². The van der Waals surface area contributed by atoms with Crippen molar-refractivity contribution in [1.82, 2.24) is 10.2 Å². The fraction of sp³-hybridized carbons (Fsp3) is 0.633. The molecule has 1 amide bonds. The van der Waals surface area contributed by atoms with Gasteiger partial charge in [-0.05, 0) is 81.3 Å². The first-order valence-electron chi connectivity index (χ1n) is 14.5. The van der Waals surface area contributed by atoms with Crippen molar-refractivity contribution in [3.8, 4) is 5.75 Å². The Hall–Kier alpha value is -2.80. The Morgan fingerprint density at radius 2 is 1.79 bits per heavy atom. The second kappa shape index (κ2) is 11.4. The molecule has 3 fully saturated rings. The van der Waals surface area contributed by atoms with Crippen LogP contribution in [0.15, 0.2) is 6.07 Å². The molecule has 1 heterocycles. The van der Waals surface area contributed by atoms with Gasteiger partial charge in [0.05, 0.1) is 17.5 Å². The number of carbonyl (C=O) groups excluding carboxylic acids is 5. The Balaban J connectivity index is 1.53. The molecule has 3 unspecified atom stereocenters. The van der Waals surface area contributed by atoms with Gasteiger partial charge < -0.3 is 26.2 Å². The number of phenols is 1. The molecule has 11 nitrogen and oxygen atoms in total. The number of likely N-dealkylation sites (N-methyl/N-ethyl adjacent to an activating group) is 1. The number of aromatic hydroxyl groups is 1. The fourth-order valence-electron chi connectivity index (χ4n) is 7.60. The van der Waals surface area contributed by atoms with Crippen molar-refractivity contribution in [1.29, 1.82) is 0 Å². The maximum Gasteiger partial charge on any atom is 0.235 e. The smallest absolute Gasteiger partial charge is 0.235 e. The first-order valence-corrected chi connectivity index (χ1v) is 15.6. The van der Waals surface area contributed by atoms with E-state index in [0.717, 1.165) is 36.6 Å². The largest absolute Gasteiger partial charge is 0.507 e. The Labute approximate surface area is 249 Å². The summed E-state index contributed by atoms with van der Waals surface area (Å²) in [5, 5.41) is 26.6. The molecule has 1 aromatic rings. The average molecular weight is 601 g/mol. The molecule has 1 saturated heterocycles. The van der Waals surface area contributed by atoms with Gasteiger partial charge in [0.25, 0.3) is 0 Å². The van der Waals surface area contributed by atoms with Gasteiger partial charge in [0.2, 0.25) is 5.91 Å². The predicted octanol–water partition coefficient (Wildman–Crippen LogP) is 0.166. The number of phenolic OH excluding ortho intramolecular Hbond substituents is 1. The molecule has 6 atom stereocenters. The third kappa shape index (κ3) is 4.76. The normalized spacial score (nSPS) is 31.5. The molecule has 4 aliphatic rings. The number of carbonyl (C=O) groups is 5. The maximum atomic E-state index is 14.1. The van der Waals surface area contributed by atoms with Crippen molar-refractivity contribution in [2.24, 2.45) is 35.3 Å². The predicted molar refractivity (Wildman–Crippen MR) is 157 cm³/mol. The lowest BCUT2D eigenvalue weighted by molar-refractivity contribution is -0.181. The number of aliphatic hydroxyl groups is 1. The zero-order valence-corrected chi connectivity index (χ0v) is 25.3. The minimum atomic E-state index is -2.73. The Kier molecular flexibility index (Phi) is 8.29. The number of anilines is 1. The van der Waals surface area contributed by atoms with Gasteiger partial charge in [-0.1, -0.05) is 0 Å². The molecule has 1 aliphatic heterocycles. The number of nitrogens with one attached hydrogen (secondary N) is 1. The summed E-state index contributed by atoms with van der Waals surface area (Å²) in [6, 6.07) is 0.741. The zero-order valence-electron chi connectivity index (χ0n) is 24.5. The molecule has 5 rings (SSSR count). The van der Waals surface area contributed by atoms with Crippen LogP contribution in [0.2, 0.25) is 0 Å². The molecule has 2 saturated carbocycles. The molecule has 5 N–H and O–H groups in total. The van der Waals surface area contributed by atoms with Crippen LogP contribution in [-0.2, 0) is 32.1 Å². The van der Waals surface area contributed by atoms with E-state index in [1.54, 1.807) is 14.1 Å². The molecule has 3 aliphatic carbocycles. The highest BCUT2D eigenvalue weighted by Gasteiger charge is 2.69. The van der Waals surface area contributed by atoms with Crippen LogP contribution in [0, 0.1) is 29.6 Å². The van der Waals surface area contributed by atoms with Crippen LogP contribution in [0.4, 0.5) is 5.69 Å². The Bertz CT molecular complexity index is 1340. The van der Waals surface area contributed by atoms with Gasteiger partial charge in [-0.15, -0.1) is 0 Å². The van der Waals surface area contributed by atoms with Crippen LogP contribution in [0.5, 0.6) is 5.75 Å². The summed E-state index contributed by atoms with van der Waals surface area (Å²) in [4.78, 5) is 70.5. The minimum Gasteiger partial charge on any atom is -0.507 e.